The molecule has 0 saturated carbocycles. The van der Waals surface area contributed by atoms with Gasteiger partial charge < -0.3 is 9.32 Å². The smallest absolute Gasteiger partial charge is 0.134 e. The zero-order valence-corrected chi connectivity index (χ0v) is 30.8. The fourth-order valence-electron chi connectivity index (χ4n) is 8.88. The summed E-state index contributed by atoms with van der Waals surface area (Å²) in [5.41, 5.74) is 15.5. The van der Waals surface area contributed by atoms with Crippen molar-refractivity contribution in [2.24, 2.45) is 0 Å². The van der Waals surface area contributed by atoms with Crippen LogP contribution in [-0.2, 0) is 12.8 Å². The molecule has 0 unspecified atom stereocenters. The average Bonchev–Trinajstić information content (AvgIpc) is 3.66. The molecular formula is C54H37NO. The molecule has 0 spiro atoms. The van der Waals surface area contributed by atoms with E-state index in [0.29, 0.717) is 0 Å². The van der Waals surface area contributed by atoms with Crippen molar-refractivity contribution in [2.75, 3.05) is 4.90 Å². The van der Waals surface area contributed by atoms with Crippen LogP contribution in [-0.4, -0.2) is 0 Å². The molecule has 1 aliphatic rings. The average molecular weight is 716 g/mol. The molecule has 0 N–H and O–H groups in total. The standard InChI is InChI=1S/C54H37NO/c1-2-13-38(14-3-1)45-16-6-8-21-50(45)55(43-30-26-37(27-31-43)40-25-24-36-12-4-5-15-39(36)34-40)51-22-11-19-47-44(18-10-20-48(47)51)41-28-32-46-42(35-41)29-33-53-54(46)49-17-7-9-23-52(49)56-53/h1-28,30-32,34-35H,29,33H2. The van der Waals surface area contributed by atoms with Gasteiger partial charge in [0.15, 0.2) is 0 Å². The van der Waals surface area contributed by atoms with Gasteiger partial charge in [0.2, 0.25) is 0 Å². The molecule has 0 atom stereocenters. The number of nitrogens with zero attached hydrogens (tertiary/aromatic N) is 1. The SMILES string of the molecule is c1ccc(-c2ccccc2N(c2ccc(-c3ccc4ccccc4c3)cc2)c2cccc3c(-c4ccc5c(c4)CCc4oc6ccccc6c4-5)cccc23)cc1. The van der Waals surface area contributed by atoms with Gasteiger partial charge in [0.25, 0.3) is 0 Å². The fraction of sp³-hybridized carbons (Fsp3) is 0.0370. The number of hydrogen-bond donors (Lipinski definition) is 0. The Labute approximate surface area is 326 Å². The van der Waals surface area contributed by atoms with Gasteiger partial charge in [-0.1, -0.05) is 164 Å². The molecule has 1 heterocycles. The Balaban J connectivity index is 1.06. The Hall–Kier alpha value is -7.16. The molecule has 2 heteroatoms. The second-order valence-electron chi connectivity index (χ2n) is 14.8. The van der Waals surface area contributed by atoms with Gasteiger partial charge in [-0.05, 0) is 97.9 Å². The predicted octanol–water partition coefficient (Wildman–Crippen LogP) is 15.0. The summed E-state index contributed by atoms with van der Waals surface area (Å²) in [4.78, 5) is 2.44. The lowest BCUT2D eigenvalue weighted by Gasteiger charge is -2.29. The van der Waals surface area contributed by atoms with E-state index in [1.807, 2.05) is 0 Å². The summed E-state index contributed by atoms with van der Waals surface area (Å²) in [5.74, 6) is 1.10. The minimum absolute atomic E-state index is 0.912. The van der Waals surface area contributed by atoms with Gasteiger partial charge in [0, 0.05) is 34.0 Å². The lowest BCUT2D eigenvalue weighted by Crippen LogP contribution is -2.11. The summed E-state index contributed by atoms with van der Waals surface area (Å²) in [6.45, 7) is 0. The third-order valence-electron chi connectivity index (χ3n) is 11.6. The van der Waals surface area contributed by atoms with Crippen molar-refractivity contribution in [3.05, 3.63) is 212 Å². The van der Waals surface area contributed by atoms with Crippen molar-refractivity contribution in [1.29, 1.82) is 0 Å². The van der Waals surface area contributed by atoms with E-state index in [4.69, 9.17) is 4.42 Å². The van der Waals surface area contributed by atoms with Crippen LogP contribution >= 0.6 is 0 Å². The van der Waals surface area contributed by atoms with Crippen LogP contribution in [0.4, 0.5) is 17.1 Å². The summed E-state index contributed by atoms with van der Waals surface area (Å²) in [6, 6.07) is 72.8. The van der Waals surface area contributed by atoms with E-state index in [1.165, 1.54) is 77.0 Å². The predicted molar refractivity (Wildman–Crippen MR) is 235 cm³/mol. The Morgan fingerprint density at radius 1 is 0.375 bits per heavy atom. The van der Waals surface area contributed by atoms with Crippen LogP contribution in [0.1, 0.15) is 11.3 Å². The van der Waals surface area contributed by atoms with Crippen LogP contribution in [0.15, 0.2) is 205 Å². The maximum Gasteiger partial charge on any atom is 0.134 e. The topological polar surface area (TPSA) is 16.4 Å². The molecule has 0 bridgehead atoms. The number of furan rings is 1. The molecule has 56 heavy (non-hydrogen) atoms. The van der Waals surface area contributed by atoms with Crippen molar-refractivity contribution >= 4 is 49.6 Å². The van der Waals surface area contributed by atoms with Crippen LogP contribution < -0.4 is 4.90 Å². The molecule has 0 aliphatic heterocycles. The molecule has 0 radical (unpaired) electrons. The number of anilines is 3. The van der Waals surface area contributed by atoms with Crippen LogP contribution in [0.3, 0.4) is 0 Å². The summed E-state index contributed by atoms with van der Waals surface area (Å²) in [6.07, 6.45) is 1.88. The van der Waals surface area contributed by atoms with Crippen LogP contribution in [0.5, 0.6) is 0 Å². The number of para-hydroxylation sites is 2. The molecule has 2 nitrogen and oxygen atoms in total. The van der Waals surface area contributed by atoms with Crippen molar-refractivity contribution < 1.29 is 4.42 Å². The number of rotatable bonds is 6. The quantitative estimate of drug-likeness (QED) is 0.170. The fourth-order valence-corrected chi connectivity index (χ4v) is 8.88. The van der Waals surface area contributed by atoms with Crippen LogP contribution in [0.2, 0.25) is 0 Å². The van der Waals surface area contributed by atoms with Crippen molar-refractivity contribution in [1.82, 2.24) is 0 Å². The highest BCUT2D eigenvalue weighted by Gasteiger charge is 2.24. The maximum absolute atomic E-state index is 6.30. The van der Waals surface area contributed by atoms with Gasteiger partial charge in [-0.3, -0.25) is 0 Å². The third kappa shape index (κ3) is 5.41. The molecule has 264 valence electrons. The zero-order chi connectivity index (χ0) is 37.0. The molecule has 0 amide bonds. The van der Waals surface area contributed by atoms with E-state index in [0.717, 1.165) is 41.2 Å². The molecule has 0 fully saturated rings. The lowest BCUT2D eigenvalue weighted by molar-refractivity contribution is 0.546. The van der Waals surface area contributed by atoms with E-state index in [-0.39, 0.29) is 0 Å². The van der Waals surface area contributed by atoms with E-state index in [1.54, 1.807) is 0 Å². The van der Waals surface area contributed by atoms with Gasteiger partial charge in [-0.25, -0.2) is 0 Å². The van der Waals surface area contributed by atoms with Gasteiger partial charge in [0.1, 0.15) is 11.3 Å². The monoisotopic (exact) mass is 715 g/mol. The van der Waals surface area contributed by atoms with E-state index < -0.39 is 0 Å². The van der Waals surface area contributed by atoms with Gasteiger partial charge in [-0.2, -0.15) is 0 Å². The second kappa shape index (κ2) is 13.3. The van der Waals surface area contributed by atoms with Crippen molar-refractivity contribution in [2.45, 2.75) is 12.8 Å². The lowest BCUT2D eigenvalue weighted by atomic mass is 9.86. The number of benzene rings is 9. The third-order valence-corrected chi connectivity index (χ3v) is 11.6. The normalized spacial score (nSPS) is 12.1. The van der Waals surface area contributed by atoms with Crippen molar-refractivity contribution in [3.63, 3.8) is 0 Å². The minimum Gasteiger partial charge on any atom is -0.460 e. The minimum atomic E-state index is 0.912. The first-order chi connectivity index (χ1) is 27.8. The first-order valence-electron chi connectivity index (χ1n) is 19.5. The summed E-state index contributed by atoms with van der Waals surface area (Å²) >= 11 is 0. The Kier molecular flexibility index (Phi) is 7.67. The first-order valence-corrected chi connectivity index (χ1v) is 19.5. The summed E-state index contributed by atoms with van der Waals surface area (Å²) < 4.78 is 6.30. The number of fused-ring (bicyclic) bond motifs is 7. The molecule has 10 aromatic rings. The molecular weight excluding hydrogens is 679 g/mol. The molecule has 0 saturated heterocycles. The van der Waals surface area contributed by atoms with E-state index in [2.05, 4.69) is 205 Å². The molecule has 1 aliphatic carbocycles. The zero-order valence-electron chi connectivity index (χ0n) is 30.8. The second-order valence-corrected chi connectivity index (χ2v) is 14.8. The first kappa shape index (κ1) is 32.3. The van der Waals surface area contributed by atoms with Crippen LogP contribution in [0.25, 0.3) is 77.0 Å². The van der Waals surface area contributed by atoms with E-state index >= 15 is 0 Å². The number of hydrogen-bond acceptors (Lipinski definition) is 2. The summed E-state index contributed by atoms with van der Waals surface area (Å²) in [5, 5.41) is 6.13. The number of aryl methyl sites for hydroxylation is 2. The molecule has 11 rings (SSSR count). The highest BCUT2D eigenvalue weighted by molar-refractivity contribution is 6.07. The van der Waals surface area contributed by atoms with Crippen molar-refractivity contribution in [3.8, 4) is 44.5 Å². The molecule has 9 aromatic carbocycles. The largest absolute Gasteiger partial charge is 0.460 e. The van der Waals surface area contributed by atoms with Gasteiger partial charge in [0.05, 0.1) is 11.4 Å². The Bertz CT molecular complexity index is 3080. The van der Waals surface area contributed by atoms with Crippen LogP contribution in [0, 0.1) is 0 Å². The van der Waals surface area contributed by atoms with Gasteiger partial charge in [-0.15, -0.1) is 0 Å². The highest BCUT2D eigenvalue weighted by Crippen LogP contribution is 2.46. The molecule has 1 aromatic heterocycles. The van der Waals surface area contributed by atoms with E-state index in [9.17, 15) is 0 Å². The summed E-state index contributed by atoms with van der Waals surface area (Å²) in [7, 11) is 0. The Morgan fingerprint density at radius 3 is 1.96 bits per heavy atom. The Morgan fingerprint density at radius 2 is 1.05 bits per heavy atom. The maximum atomic E-state index is 6.30. The van der Waals surface area contributed by atoms with Gasteiger partial charge >= 0.3 is 0 Å². The highest BCUT2D eigenvalue weighted by atomic mass is 16.3.